The van der Waals surface area contributed by atoms with Gasteiger partial charge in [-0.05, 0) is 65.3 Å². The molecule has 0 heterocycles. The number of halogens is 3. The maximum absolute atomic E-state index is 5.52. The molecule has 0 bridgehead atoms. The van der Waals surface area contributed by atoms with E-state index in [0.717, 1.165) is 10.2 Å². The van der Waals surface area contributed by atoms with Crippen molar-refractivity contribution < 1.29 is 4.74 Å². The SMILES string of the molecule is CCOc1ccc(C(Br)c2cccc(C)c2I)c(Br)c1. The smallest absolute Gasteiger partial charge is 0.120 e. The highest BCUT2D eigenvalue weighted by Crippen LogP contribution is 2.39. The number of rotatable bonds is 4. The molecule has 2 rings (SSSR count). The van der Waals surface area contributed by atoms with Crippen LogP contribution in [0.25, 0.3) is 0 Å². The molecule has 0 aromatic heterocycles. The molecule has 0 aliphatic rings. The lowest BCUT2D eigenvalue weighted by Crippen LogP contribution is -1.99. The van der Waals surface area contributed by atoms with Gasteiger partial charge >= 0.3 is 0 Å². The Hall–Kier alpha value is -0.0700. The zero-order valence-electron chi connectivity index (χ0n) is 11.3. The third kappa shape index (κ3) is 3.57. The first-order valence-electron chi connectivity index (χ1n) is 6.36. The van der Waals surface area contributed by atoms with Crippen LogP contribution in [-0.2, 0) is 0 Å². The van der Waals surface area contributed by atoms with Gasteiger partial charge in [-0.2, -0.15) is 0 Å². The third-order valence-corrected chi connectivity index (χ3v) is 6.20. The van der Waals surface area contributed by atoms with E-state index in [-0.39, 0.29) is 4.83 Å². The molecule has 0 saturated carbocycles. The second-order valence-corrected chi connectivity index (χ2v) is 7.31. The number of hydrogen-bond donors (Lipinski definition) is 0. The first-order chi connectivity index (χ1) is 9.54. The van der Waals surface area contributed by atoms with Crippen molar-refractivity contribution in [1.82, 2.24) is 0 Å². The lowest BCUT2D eigenvalue weighted by atomic mass is 10.0. The molecule has 4 heteroatoms. The van der Waals surface area contributed by atoms with E-state index in [1.54, 1.807) is 0 Å². The van der Waals surface area contributed by atoms with Crippen molar-refractivity contribution >= 4 is 54.5 Å². The van der Waals surface area contributed by atoms with Gasteiger partial charge in [-0.3, -0.25) is 0 Å². The molecule has 0 spiro atoms. The van der Waals surface area contributed by atoms with E-state index < -0.39 is 0 Å². The van der Waals surface area contributed by atoms with Crippen molar-refractivity contribution in [1.29, 1.82) is 0 Å². The predicted molar refractivity (Wildman–Crippen MR) is 100.0 cm³/mol. The highest BCUT2D eigenvalue weighted by atomic mass is 127. The molecule has 0 aliphatic carbocycles. The van der Waals surface area contributed by atoms with Gasteiger partial charge in [0.15, 0.2) is 0 Å². The van der Waals surface area contributed by atoms with E-state index in [0.29, 0.717) is 6.61 Å². The average Bonchev–Trinajstić information content (AvgIpc) is 2.42. The Kier molecular flexibility index (Phi) is 5.93. The van der Waals surface area contributed by atoms with Crippen LogP contribution in [0, 0.1) is 10.5 Å². The number of benzene rings is 2. The largest absolute Gasteiger partial charge is 0.494 e. The van der Waals surface area contributed by atoms with Gasteiger partial charge in [0.05, 0.1) is 11.4 Å². The molecule has 0 fully saturated rings. The van der Waals surface area contributed by atoms with E-state index in [4.69, 9.17) is 4.74 Å². The molecule has 2 aromatic rings. The number of ether oxygens (including phenoxy) is 1. The van der Waals surface area contributed by atoms with E-state index in [1.807, 2.05) is 19.1 Å². The number of alkyl halides is 1. The molecule has 1 nitrogen and oxygen atoms in total. The Labute approximate surface area is 150 Å². The molecule has 0 aliphatic heterocycles. The quantitative estimate of drug-likeness (QED) is 0.350. The van der Waals surface area contributed by atoms with Crippen molar-refractivity contribution in [2.45, 2.75) is 18.7 Å². The minimum atomic E-state index is 0.166. The standard InChI is InChI=1S/C16H15Br2IO/c1-3-20-11-7-8-12(14(17)9-11)15(18)13-6-4-5-10(2)16(13)19/h4-9,15H,3H2,1-2H3. The van der Waals surface area contributed by atoms with Gasteiger partial charge in [0, 0.05) is 8.04 Å². The van der Waals surface area contributed by atoms with Crippen molar-refractivity contribution in [2.24, 2.45) is 0 Å². The van der Waals surface area contributed by atoms with E-state index >= 15 is 0 Å². The maximum Gasteiger partial charge on any atom is 0.120 e. The minimum absolute atomic E-state index is 0.166. The summed E-state index contributed by atoms with van der Waals surface area (Å²) >= 11 is 9.87. The highest BCUT2D eigenvalue weighted by molar-refractivity contribution is 14.1. The molecule has 0 radical (unpaired) electrons. The van der Waals surface area contributed by atoms with E-state index in [2.05, 4.69) is 85.6 Å². The van der Waals surface area contributed by atoms with Crippen molar-refractivity contribution in [3.05, 3.63) is 61.1 Å². The summed E-state index contributed by atoms with van der Waals surface area (Å²) in [6.07, 6.45) is 0. The van der Waals surface area contributed by atoms with Crippen LogP contribution in [0.4, 0.5) is 0 Å². The Morgan fingerprint density at radius 3 is 2.60 bits per heavy atom. The first kappa shape index (κ1) is 16.3. The zero-order chi connectivity index (χ0) is 14.7. The monoisotopic (exact) mass is 508 g/mol. The fourth-order valence-electron chi connectivity index (χ4n) is 2.00. The second kappa shape index (κ2) is 7.27. The van der Waals surface area contributed by atoms with Crippen LogP contribution in [0.3, 0.4) is 0 Å². The number of hydrogen-bond acceptors (Lipinski definition) is 1. The normalized spacial score (nSPS) is 12.2. The first-order valence-corrected chi connectivity index (χ1v) is 9.14. The van der Waals surface area contributed by atoms with Gasteiger partial charge in [-0.15, -0.1) is 0 Å². The Morgan fingerprint density at radius 2 is 1.95 bits per heavy atom. The average molecular weight is 510 g/mol. The van der Waals surface area contributed by atoms with Crippen LogP contribution in [0.1, 0.15) is 28.4 Å². The summed E-state index contributed by atoms with van der Waals surface area (Å²) in [5, 5.41) is 0. The predicted octanol–water partition coefficient (Wildman–Crippen LogP) is 6.25. The molecule has 1 unspecified atom stereocenters. The molecule has 106 valence electrons. The molecule has 0 amide bonds. The lowest BCUT2D eigenvalue weighted by Gasteiger charge is -2.16. The van der Waals surface area contributed by atoms with Gasteiger partial charge in [0.2, 0.25) is 0 Å². The van der Waals surface area contributed by atoms with Crippen molar-refractivity contribution in [3.63, 3.8) is 0 Å². The minimum Gasteiger partial charge on any atom is -0.494 e. The van der Waals surface area contributed by atoms with Crippen molar-refractivity contribution in [3.8, 4) is 5.75 Å². The molecular weight excluding hydrogens is 495 g/mol. The molecule has 0 N–H and O–H groups in total. The van der Waals surface area contributed by atoms with Crippen LogP contribution in [0.2, 0.25) is 0 Å². The fourth-order valence-corrected chi connectivity index (χ4v) is 4.78. The number of aryl methyl sites for hydroxylation is 1. The van der Waals surface area contributed by atoms with Crippen LogP contribution < -0.4 is 4.74 Å². The van der Waals surface area contributed by atoms with Crippen LogP contribution >= 0.6 is 54.5 Å². The molecule has 2 aromatic carbocycles. The topological polar surface area (TPSA) is 9.23 Å². The van der Waals surface area contributed by atoms with Gasteiger partial charge < -0.3 is 4.74 Å². The fraction of sp³-hybridized carbons (Fsp3) is 0.250. The second-order valence-electron chi connectivity index (χ2n) is 4.46. The summed E-state index contributed by atoms with van der Waals surface area (Å²) in [6.45, 7) is 4.81. The lowest BCUT2D eigenvalue weighted by molar-refractivity contribution is 0.340. The molecule has 20 heavy (non-hydrogen) atoms. The van der Waals surface area contributed by atoms with Crippen LogP contribution in [0.15, 0.2) is 40.9 Å². The summed E-state index contributed by atoms with van der Waals surface area (Å²) in [7, 11) is 0. The van der Waals surface area contributed by atoms with Gasteiger partial charge in [-0.25, -0.2) is 0 Å². The highest BCUT2D eigenvalue weighted by Gasteiger charge is 2.17. The third-order valence-electron chi connectivity index (χ3n) is 3.05. The summed E-state index contributed by atoms with van der Waals surface area (Å²) in [5.41, 5.74) is 3.79. The van der Waals surface area contributed by atoms with Gasteiger partial charge in [0.25, 0.3) is 0 Å². The maximum atomic E-state index is 5.52. The van der Waals surface area contributed by atoms with Gasteiger partial charge in [-0.1, -0.05) is 56.1 Å². The Morgan fingerprint density at radius 1 is 1.20 bits per heavy atom. The van der Waals surface area contributed by atoms with Crippen LogP contribution in [-0.4, -0.2) is 6.61 Å². The molecular formula is C16H15Br2IO. The zero-order valence-corrected chi connectivity index (χ0v) is 16.6. The van der Waals surface area contributed by atoms with E-state index in [1.165, 1.54) is 20.3 Å². The molecule has 0 saturated heterocycles. The van der Waals surface area contributed by atoms with E-state index in [9.17, 15) is 0 Å². The van der Waals surface area contributed by atoms with Crippen molar-refractivity contribution in [2.75, 3.05) is 6.61 Å². The van der Waals surface area contributed by atoms with Crippen LogP contribution in [0.5, 0.6) is 5.75 Å². The summed E-state index contributed by atoms with van der Waals surface area (Å²) in [5.74, 6) is 0.891. The summed E-state index contributed by atoms with van der Waals surface area (Å²) in [6, 6.07) is 12.5. The summed E-state index contributed by atoms with van der Waals surface area (Å²) < 4.78 is 7.88. The molecule has 1 atom stereocenters. The Bertz CT molecular complexity index is 613. The summed E-state index contributed by atoms with van der Waals surface area (Å²) in [4.78, 5) is 0.166. The van der Waals surface area contributed by atoms with Gasteiger partial charge in [0.1, 0.15) is 5.75 Å². The Balaban J connectivity index is 2.38.